The summed E-state index contributed by atoms with van der Waals surface area (Å²) in [6, 6.07) is 0.188. The minimum Gasteiger partial charge on any atom is -0.364 e. The molecule has 0 saturated heterocycles. The van der Waals surface area contributed by atoms with E-state index >= 15 is 0 Å². The third-order valence-corrected chi connectivity index (χ3v) is 3.07. The molecule has 1 unspecified atom stereocenters. The van der Waals surface area contributed by atoms with E-state index in [0.29, 0.717) is 18.9 Å². The molecule has 106 valence electrons. The maximum atomic E-state index is 11.3. The highest BCUT2D eigenvalue weighted by molar-refractivity contribution is 5.70. The average Bonchev–Trinajstić information content (AvgIpc) is 2.39. The fraction of sp³-hybridized carbons (Fsp3) is 0.667. The van der Waals surface area contributed by atoms with Gasteiger partial charge in [0.05, 0.1) is 4.92 Å². The summed E-state index contributed by atoms with van der Waals surface area (Å²) in [5.74, 6) is 0.659. The number of nitro groups is 1. The van der Waals surface area contributed by atoms with Gasteiger partial charge in [0.25, 0.3) is 0 Å². The van der Waals surface area contributed by atoms with Crippen LogP contribution in [0, 0.1) is 10.1 Å². The van der Waals surface area contributed by atoms with Gasteiger partial charge in [0.2, 0.25) is 11.6 Å². The molecule has 1 aromatic heterocycles. The van der Waals surface area contributed by atoms with Crippen LogP contribution in [0.2, 0.25) is 0 Å². The first-order valence-corrected chi connectivity index (χ1v) is 6.56. The number of nitrogens with zero attached hydrogens (tertiary/aromatic N) is 4. The third kappa shape index (κ3) is 3.30. The van der Waals surface area contributed by atoms with Gasteiger partial charge in [0, 0.05) is 19.1 Å². The van der Waals surface area contributed by atoms with Crippen molar-refractivity contribution < 1.29 is 4.92 Å². The van der Waals surface area contributed by atoms with Gasteiger partial charge in [-0.05, 0) is 27.2 Å². The van der Waals surface area contributed by atoms with Crippen LogP contribution in [0.4, 0.5) is 17.3 Å². The van der Waals surface area contributed by atoms with Crippen LogP contribution in [-0.2, 0) is 0 Å². The Balaban J connectivity index is 3.32. The Bertz CT molecular complexity index is 438. The molecule has 1 N–H and O–H groups in total. The van der Waals surface area contributed by atoms with Crippen molar-refractivity contribution in [1.82, 2.24) is 9.97 Å². The van der Waals surface area contributed by atoms with Crippen molar-refractivity contribution in [1.29, 1.82) is 0 Å². The predicted molar refractivity (Wildman–Crippen MR) is 75.6 cm³/mol. The number of hydrogen-bond acceptors (Lipinski definition) is 6. The summed E-state index contributed by atoms with van der Waals surface area (Å²) in [5, 5.41) is 14.2. The van der Waals surface area contributed by atoms with Crippen LogP contribution in [0.15, 0.2) is 6.33 Å². The molecule has 0 radical (unpaired) electrons. The Hall–Kier alpha value is -1.92. The number of nitrogens with one attached hydrogen (secondary N) is 1. The molecule has 1 heterocycles. The number of hydrogen-bond donors (Lipinski definition) is 1. The molecule has 1 rings (SSSR count). The molecule has 0 aliphatic heterocycles. The summed E-state index contributed by atoms with van der Waals surface area (Å²) in [6.07, 6.45) is 2.26. The van der Waals surface area contributed by atoms with E-state index in [4.69, 9.17) is 0 Å². The molecule has 19 heavy (non-hydrogen) atoms. The highest BCUT2D eigenvalue weighted by Crippen LogP contribution is 2.32. The molecule has 0 spiro atoms. The fourth-order valence-electron chi connectivity index (χ4n) is 1.94. The van der Waals surface area contributed by atoms with Crippen LogP contribution in [-0.4, -0.2) is 34.0 Å². The fourth-order valence-corrected chi connectivity index (χ4v) is 1.94. The van der Waals surface area contributed by atoms with Crippen LogP contribution in [0.3, 0.4) is 0 Å². The summed E-state index contributed by atoms with van der Waals surface area (Å²) < 4.78 is 0. The van der Waals surface area contributed by atoms with E-state index in [1.54, 1.807) is 0 Å². The first-order valence-electron chi connectivity index (χ1n) is 6.56. The zero-order chi connectivity index (χ0) is 14.4. The van der Waals surface area contributed by atoms with Crippen LogP contribution in [0.5, 0.6) is 0 Å². The molecule has 7 heteroatoms. The standard InChI is InChI=1S/C12H21N5O2/c1-5-9(4)16(7-3)12-10(17(18)19)11(13-6-2)14-8-15-12/h8-9H,5-7H2,1-4H3,(H,13,14,15). The molecule has 0 aromatic carbocycles. The van der Waals surface area contributed by atoms with Crippen molar-refractivity contribution in [2.75, 3.05) is 23.3 Å². The smallest absolute Gasteiger partial charge is 0.353 e. The Kier molecular flexibility index (Phi) is 5.47. The van der Waals surface area contributed by atoms with E-state index in [-0.39, 0.29) is 17.5 Å². The lowest BCUT2D eigenvalue weighted by atomic mass is 10.2. The Morgan fingerprint density at radius 2 is 2.11 bits per heavy atom. The summed E-state index contributed by atoms with van der Waals surface area (Å²) >= 11 is 0. The topological polar surface area (TPSA) is 84.2 Å². The lowest BCUT2D eigenvalue weighted by Crippen LogP contribution is -2.33. The molecule has 0 aliphatic rings. The zero-order valence-electron chi connectivity index (χ0n) is 11.9. The first-order chi connectivity index (χ1) is 9.06. The van der Waals surface area contributed by atoms with Crippen LogP contribution in [0.1, 0.15) is 34.1 Å². The van der Waals surface area contributed by atoms with Crippen LogP contribution < -0.4 is 10.2 Å². The van der Waals surface area contributed by atoms with E-state index in [1.807, 2.05) is 32.6 Å². The van der Waals surface area contributed by atoms with Gasteiger partial charge < -0.3 is 10.2 Å². The van der Waals surface area contributed by atoms with Crippen molar-refractivity contribution in [3.8, 4) is 0 Å². The maximum absolute atomic E-state index is 11.3. The summed E-state index contributed by atoms with van der Waals surface area (Å²) in [5.41, 5.74) is -0.0495. The third-order valence-electron chi connectivity index (χ3n) is 3.07. The van der Waals surface area contributed by atoms with Gasteiger partial charge in [-0.25, -0.2) is 9.97 Å². The summed E-state index contributed by atoms with van der Waals surface area (Å²) in [7, 11) is 0. The quantitative estimate of drug-likeness (QED) is 0.603. The summed E-state index contributed by atoms with van der Waals surface area (Å²) in [4.78, 5) is 20.9. The van der Waals surface area contributed by atoms with Crippen LogP contribution in [0.25, 0.3) is 0 Å². The molecular weight excluding hydrogens is 246 g/mol. The average molecular weight is 267 g/mol. The number of aromatic nitrogens is 2. The Morgan fingerprint density at radius 1 is 1.42 bits per heavy atom. The van der Waals surface area contributed by atoms with Crippen LogP contribution >= 0.6 is 0 Å². The molecule has 0 saturated carbocycles. The Labute approximate surface area is 113 Å². The normalized spacial score (nSPS) is 12.0. The van der Waals surface area contributed by atoms with Gasteiger partial charge in [0.15, 0.2) is 0 Å². The summed E-state index contributed by atoms with van der Waals surface area (Å²) in [6.45, 7) is 9.15. The molecular formula is C12H21N5O2. The van der Waals surface area contributed by atoms with Crippen molar-refractivity contribution in [3.05, 3.63) is 16.4 Å². The molecule has 1 atom stereocenters. The monoisotopic (exact) mass is 267 g/mol. The van der Waals surface area contributed by atoms with E-state index in [1.165, 1.54) is 6.33 Å². The first kappa shape index (κ1) is 15.1. The van der Waals surface area contributed by atoms with Crippen molar-refractivity contribution in [3.63, 3.8) is 0 Å². The highest BCUT2D eigenvalue weighted by Gasteiger charge is 2.27. The Morgan fingerprint density at radius 3 is 2.58 bits per heavy atom. The van der Waals surface area contributed by atoms with Gasteiger partial charge in [-0.2, -0.15) is 0 Å². The molecule has 0 fully saturated rings. The molecule has 0 aliphatic carbocycles. The van der Waals surface area contributed by atoms with Gasteiger partial charge in [-0.15, -0.1) is 0 Å². The van der Waals surface area contributed by atoms with Crippen molar-refractivity contribution in [2.24, 2.45) is 0 Å². The van der Waals surface area contributed by atoms with E-state index in [2.05, 4.69) is 15.3 Å². The molecule has 7 nitrogen and oxygen atoms in total. The molecule has 1 aromatic rings. The second-order valence-corrected chi connectivity index (χ2v) is 4.23. The van der Waals surface area contributed by atoms with Gasteiger partial charge in [-0.1, -0.05) is 6.92 Å². The largest absolute Gasteiger partial charge is 0.364 e. The molecule has 0 amide bonds. The highest BCUT2D eigenvalue weighted by atomic mass is 16.6. The number of anilines is 2. The van der Waals surface area contributed by atoms with Crippen molar-refractivity contribution >= 4 is 17.3 Å². The van der Waals surface area contributed by atoms with Crippen molar-refractivity contribution in [2.45, 2.75) is 40.2 Å². The second kappa shape index (κ2) is 6.86. The minimum atomic E-state index is -0.418. The maximum Gasteiger partial charge on any atom is 0.353 e. The SMILES string of the molecule is CCNc1ncnc(N(CC)C(C)CC)c1[N+](=O)[O-]. The second-order valence-electron chi connectivity index (χ2n) is 4.23. The van der Waals surface area contributed by atoms with Gasteiger partial charge in [0.1, 0.15) is 6.33 Å². The van der Waals surface area contributed by atoms with E-state index in [0.717, 1.165) is 6.42 Å². The minimum absolute atomic E-state index is 0.0495. The van der Waals surface area contributed by atoms with E-state index in [9.17, 15) is 10.1 Å². The van der Waals surface area contributed by atoms with E-state index < -0.39 is 4.92 Å². The van der Waals surface area contributed by atoms with Gasteiger partial charge >= 0.3 is 5.69 Å². The van der Waals surface area contributed by atoms with Gasteiger partial charge in [-0.3, -0.25) is 10.1 Å². The lowest BCUT2D eigenvalue weighted by Gasteiger charge is -2.27. The zero-order valence-corrected chi connectivity index (χ0v) is 11.9. The molecule has 0 bridgehead atoms. The predicted octanol–water partition coefficient (Wildman–Crippen LogP) is 2.44. The lowest BCUT2D eigenvalue weighted by molar-refractivity contribution is -0.383. The number of rotatable bonds is 7.